The molecule has 32 heavy (non-hydrogen) atoms. The number of rotatable bonds is 12. The van der Waals surface area contributed by atoms with Gasteiger partial charge in [0.05, 0.1) is 12.1 Å². The summed E-state index contributed by atoms with van der Waals surface area (Å²) in [5.41, 5.74) is 0.220. The number of hydrogen-bond acceptors (Lipinski definition) is 7. The predicted molar refractivity (Wildman–Crippen MR) is 125 cm³/mol. The summed E-state index contributed by atoms with van der Waals surface area (Å²) in [6.07, 6.45) is 11.2. The van der Waals surface area contributed by atoms with E-state index in [0.717, 1.165) is 12.8 Å². The van der Waals surface area contributed by atoms with Gasteiger partial charge in [-0.15, -0.1) is 0 Å². The molecule has 2 N–H and O–H groups in total. The molecule has 1 aliphatic rings. The summed E-state index contributed by atoms with van der Waals surface area (Å²) in [5.74, 6) is -1.45. The maximum atomic E-state index is 11.3. The van der Waals surface area contributed by atoms with Crippen LogP contribution in [0.5, 0.6) is 0 Å². The second kappa shape index (κ2) is 17.2. The number of unbranched alkanes of at least 4 members (excludes halogenated alkanes) is 8. The zero-order valence-electron chi connectivity index (χ0n) is 18.4. The van der Waals surface area contributed by atoms with Gasteiger partial charge in [-0.3, -0.25) is 14.4 Å². The molecule has 0 spiro atoms. The van der Waals surface area contributed by atoms with Crippen molar-refractivity contribution in [2.45, 2.75) is 76.0 Å². The normalized spacial score (nSPS) is 13.1. The molecule has 0 bridgehead atoms. The maximum absolute atomic E-state index is 11.3. The Morgan fingerprint density at radius 3 is 2.06 bits per heavy atom. The van der Waals surface area contributed by atoms with Crippen LogP contribution in [0.15, 0.2) is 29.2 Å². The molecule has 8 nitrogen and oxygen atoms in total. The second-order valence-corrected chi connectivity index (χ2v) is 9.04. The number of nitrogens with one attached hydrogen (secondary N) is 2. The third-order valence-electron chi connectivity index (χ3n) is 4.68. The first-order valence-corrected chi connectivity index (χ1v) is 12.3. The van der Waals surface area contributed by atoms with E-state index in [4.69, 9.17) is 0 Å². The predicted octanol–water partition coefficient (Wildman–Crippen LogP) is 2.67. The van der Waals surface area contributed by atoms with Crippen molar-refractivity contribution in [2.24, 2.45) is 0 Å². The Labute approximate surface area is 213 Å². The number of esters is 2. The Hall–Kier alpha value is -1.26. The molecule has 0 aliphatic carbocycles. The monoisotopic (exact) mass is 478 g/mol. The number of benzene rings is 1. The molecule has 1 amide bonds. The first-order valence-electron chi connectivity index (χ1n) is 10.9. The fraction of sp³-hybridized carbons (Fsp3) is 0.591. The Morgan fingerprint density at radius 2 is 1.50 bits per heavy atom. The molecule has 1 aromatic rings. The molecule has 0 atom stereocenters. The van der Waals surface area contributed by atoms with Gasteiger partial charge in [0.25, 0.3) is 15.9 Å². The summed E-state index contributed by atoms with van der Waals surface area (Å²) < 4.78 is 28.8. The van der Waals surface area contributed by atoms with E-state index in [9.17, 15) is 22.8 Å². The van der Waals surface area contributed by atoms with Gasteiger partial charge >= 0.3 is 41.5 Å². The van der Waals surface area contributed by atoms with Crippen LogP contribution in [-0.4, -0.2) is 69.4 Å². The van der Waals surface area contributed by atoms with E-state index in [0.29, 0.717) is 6.42 Å². The van der Waals surface area contributed by atoms with E-state index in [1.165, 1.54) is 57.1 Å². The van der Waals surface area contributed by atoms with E-state index in [2.05, 4.69) is 17.0 Å². The van der Waals surface area contributed by atoms with E-state index < -0.39 is 27.9 Å². The van der Waals surface area contributed by atoms with Gasteiger partial charge < -0.3 is 10.1 Å². The van der Waals surface area contributed by atoms with E-state index in [1.807, 2.05) is 4.72 Å². The van der Waals surface area contributed by atoms with Gasteiger partial charge in [0, 0.05) is 6.42 Å². The average molecular weight is 479 g/mol. The third kappa shape index (κ3) is 12.1. The molecule has 0 saturated heterocycles. The van der Waals surface area contributed by atoms with E-state index >= 15 is 0 Å². The van der Waals surface area contributed by atoms with Gasteiger partial charge in [0.15, 0.2) is 0 Å². The van der Waals surface area contributed by atoms with Crippen molar-refractivity contribution in [2.75, 3.05) is 13.6 Å². The van der Waals surface area contributed by atoms with E-state index in [-0.39, 0.29) is 46.6 Å². The summed E-state index contributed by atoms with van der Waals surface area (Å²) in [4.78, 5) is 33.3. The van der Waals surface area contributed by atoms with Crippen LogP contribution >= 0.6 is 0 Å². The Bertz CT molecular complexity index is 829. The second-order valence-electron chi connectivity index (χ2n) is 7.39. The van der Waals surface area contributed by atoms with Gasteiger partial charge in [0.1, 0.15) is 4.90 Å². The number of carbonyl (C=O) groups excluding carboxylic acids is 3. The first kappa shape index (κ1) is 30.7. The molecule has 1 aliphatic heterocycles. The molecular weight excluding hydrogens is 443 g/mol. The number of hydrogen-bond donors (Lipinski definition) is 2. The number of amides is 1. The quantitative estimate of drug-likeness (QED) is 0.205. The average Bonchev–Trinajstić information content (AvgIpc) is 2.96. The number of fused-ring (bicyclic) bond motifs is 1. The van der Waals surface area contributed by atoms with Crippen LogP contribution in [0, 0.1) is 0 Å². The van der Waals surface area contributed by atoms with Gasteiger partial charge in [-0.1, -0.05) is 70.4 Å². The summed E-state index contributed by atoms with van der Waals surface area (Å²) in [6.45, 7) is 2.31. The molecule has 176 valence electrons. The molecule has 0 radical (unpaired) electrons. The molecular formula is C22H35N2NaO6S. The number of ether oxygens (including phenoxy) is 1. The number of carbonyl (C=O) groups is 3. The molecule has 0 saturated carbocycles. The minimum absolute atomic E-state index is 0. The SMILES string of the molecule is CCCCCCCCCCCC(=O)OC(=O)CNC.O=C1NS(=O)(=O)c2ccccc21.[NaH]. The molecule has 0 aromatic heterocycles. The van der Waals surface area contributed by atoms with Crippen molar-refractivity contribution >= 4 is 57.4 Å². The minimum atomic E-state index is -3.55. The van der Waals surface area contributed by atoms with Crippen molar-refractivity contribution in [3.63, 3.8) is 0 Å². The zero-order valence-corrected chi connectivity index (χ0v) is 19.3. The molecule has 1 heterocycles. The molecule has 0 fully saturated rings. The van der Waals surface area contributed by atoms with Crippen molar-refractivity contribution in [1.82, 2.24) is 10.0 Å². The first-order chi connectivity index (χ1) is 14.8. The number of sulfonamides is 1. The van der Waals surface area contributed by atoms with Crippen LogP contribution in [0.3, 0.4) is 0 Å². The van der Waals surface area contributed by atoms with Crippen LogP contribution in [0.4, 0.5) is 0 Å². The van der Waals surface area contributed by atoms with Crippen molar-refractivity contribution in [3.05, 3.63) is 29.8 Å². The van der Waals surface area contributed by atoms with Crippen LogP contribution in [0.1, 0.15) is 81.5 Å². The van der Waals surface area contributed by atoms with Gasteiger partial charge in [-0.25, -0.2) is 13.1 Å². The summed E-state index contributed by atoms with van der Waals surface area (Å²) >= 11 is 0. The van der Waals surface area contributed by atoms with Crippen LogP contribution < -0.4 is 10.0 Å². The van der Waals surface area contributed by atoms with Crippen LogP contribution in [0.2, 0.25) is 0 Å². The Kier molecular flexibility index (Phi) is 16.6. The third-order valence-corrected chi connectivity index (χ3v) is 6.07. The Morgan fingerprint density at radius 1 is 0.938 bits per heavy atom. The van der Waals surface area contributed by atoms with Gasteiger partial charge in [0.2, 0.25) is 0 Å². The summed E-state index contributed by atoms with van der Waals surface area (Å²) in [7, 11) is -1.91. The van der Waals surface area contributed by atoms with Crippen molar-refractivity contribution < 1.29 is 27.5 Å². The Balaban J connectivity index is 0.000000631. The topological polar surface area (TPSA) is 119 Å². The van der Waals surface area contributed by atoms with Crippen molar-refractivity contribution in [3.8, 4) is 0 Å². The molecule has 0 unspecified atom stereocenters. The summed E-state index contributed by atoms with van der Waals surface area (Å²) in [6, 6.07) is 6.09. The molecule has 2 rings (SSSR count). The van der Waals surface area contributed by atoms with Gasteiger partial charge in [-0.2, -0.15) is 0 Å². The van der Waals surface area contributed by atoms with Crippen LogP contribution in [-0.2, 0) is 24.3 Å². The zero-order chi connectivity index (χ0) is 23.1. The number of likely N-dealkylation sites (N-methyl/N-ethyl adjacent to an activating group) is 1. The fourth-order valence-electron chi connectivity index (χ4n) is 3.06. The molecule has 10 heteroatoms. The van der Waals surface area contributed by atoms with Crippen molar-refractivity contribution in [1.29, 1.82) is 0 Å². The van der Waals surface area contributed by atoms with Crippen LogP contribution in [0.25, 0.3) is 0 Å². The summed E-state index contributed by atoms with van der Waals surface area (Å²) in [5, 5.41) is 2.65. The standard InChI is InChI=1S/C15H29NO3.C7H5NO3S.Na.H/c1-3-4-5-6-7-8-9-10-11-12-14(17)19-15(18)13-16-2;9-7-5-3-1-2-4-6(5)12(10,11)8-7;;/h16H,3-13H2,1-2H3;1-4H,(H,8,9);;. The van der Waals surface area contributed by atoms with Gasteiger partial charge in [-0.05, 0) is 25.6 Å². The molecule has 1 aromatic carbocycles. The fourth-order valence-corrected chi connectivity index (χ4v) is 4.23. The van der Waals surface area contributed by atoms with E-state index in [1.54, 1.807) is 19.2 Å².